The Balaban J connectivity index is 0.000000252. The van der Waals surface area contributed by atoms with Gasteiger partial charge >= 0.3 is 0 Å². The molecule has 0 fully saturated rings. The van der Waals surface area contributed by atoms with Gasteiger partial charge in [-0.1, -0.05) is 6.07 Å². The van der Waals surface area contributed by atoms with Crippen molar-refractivity contribution in [2.24, 2.45) is 0 Å². The normalized spacial score (nSPS) is 10.2. The second-order valence-electron chi connectivity index (χ2n) is 1.91. The standard InChI is InChI=1S/C5H7N3.ClHO4/c6-5-3-1-2-4-8(5)7;2-1(3,4)5/h1-4,6H,7H2;(H,2,3,4,5). The zero-order valence-corrected chi connectivity index (χ0v) is 7.18. The van der Waals surface area contributed by atoms with Gasteiger partial charge in [-0.2, -0.15) is 0 Å². The second-order valence-corrected chi connectivity index (χ2v) is 2.67. The molecule has 0 unspecified atom stereocenters. The predicted molar refractivity (Wildman–Crippen MR) is 31.2 cm³/mol. The first-order valence-electron chi connectivity index (χ1n) is 2.93. The molecule has 1 aromatic rings. The largest absolute Gasteiger partial charge is 0.295 e. The monoisotopic (exact) mass is 209 g/mol. The van der Waals surface area contributed by atoms with Crippen molar-refractivity contribution in [3.8, 4) is 0 Å². The van der Waals surface area contributed by atoms with Gasteiger partial charge in [0.2, 0.25) is 0 Å². The van der Waals surface area contributed by atoms with Crippen LogP contribution < -0.4 is 34.9 Å². The number of hydrogen-bond acceptors (Lipinski definition) is 6. The SMILES string of the molecule is Nc1cccc[n+]1N.[O-][Cl+3]([O-])([O-])[O-]. The van der Waals surface area contributed by atoms with Crippen molar-refractivity contribution in [3.05, 3.63) is 24.4 Å². The third-order valence-corrected chi connectivity index (χ3v) is 0.923. The van der Waals surface area contributed by atoms with Gasteiger partial charge in [0, 0.05) is 6.07 Å². The molecule has 0 spiro atoms. The lowest BCUT2D eigenvalue weighted by atomic mass is 10.5. The van der Waals surface area contributed by atoms with Crippen molar-refractivity contribution in [2.75, 3.05) is 11.6 Å². The lowest BCUT2D eigenvalue weighted by Gasteiger charge is -2.17. The number of halogens is 1. The van der Waals surface area contributed by atoms with E-state index in [9.17, 15) is 0 Å². The van der Waals surface area contributed by atoms with Gasteiger partial charge in [-0.15, -0.1) is 14.9 Å². The molecular formula is C5H8ClN3O4. The molecule has 1 aromatic heterocycles. The van der Waals surface area contributed by atoms with Crippen molar-refractivity contribution in [1.29, 1.82) is 0 Å². The number of hydrogen-bond donors (Lipinski definition) is 2. The first kappa shape index (κ1) is 11.9. The molecule has 0 aliphatic heterocycles. The summed E-state index contributed by atoms with van der Waals surface area (Å²) in [4.78, 5) is 0. The number of nitrogens with zero attached hydrogens (tertiary/aromatic N) is 1. The molecular weight excluding hydrogens is 202 g/mol. The molecule has 0 radical (unpaired) electrons. The average molecular weight is 210 g/mol. The van der Waals surface area contributed by atoms with Crippen molar-refractivity contribution in [2.45, 2.75) is 0 Å². The first-order valence-corrected chi connectivity index (χ1v) is 4.17. The number of nitrogen functional groups attached to an aromatic ring is 2. The van der Waals surface area contributed by atoms with Crippen molar-refractivity contribution >= 4 is 5.82 Å². The van der Waals surface area contributed by atoms with Gasteiger partial charge in [0.25, 0.3) is 5.82 Å². The average Bonchev–Trinajstić information content (AvgIpc) is 1.92. The van der Waals surface area contributed by atoms with E-state index in [0.29, 0.717) is 5.82 Å². The van der Waals surface area contributed by atoms with Crippen LogP contribution in [-0.2, 0) is 0 Å². The molecule has 0 amide bonds. The van der Waals surface area contributed by atoms with E-state index in [1.54, 1.807) is 12.3 Å². The summed E-state index contributed by atoms with van der Waals surface area (Å²) >= 11 is 0. The van der Waals surface area contributed by atoms with Crippen LogP contribution in [0.2, 0.25) is 0 Å². The highest BCUT2D eigenvalue weighted by Crippen LogP contribution is 1.85. The van der Waals surface area contributed by atoms with Crippen LogP contribution in [0.1, 0.15) is 0 Å². The highest BCUT2D eigenvalue weighted by molar-refractivity contribution is 5.18. The number of nitrogens with two attached hydrogens (primary N) is 2. The third kappa shape index (κ3) is 8.79. The van der Waals surface area contributed by atoms with Gasteiger partial charge in [0.05, 0.1) is 0 Å². The first-order chi connectivity index (χ1) is 5.80. The third-order valence-electron chi connectivity index (χ3n) is 0.923. The Morgan fingerprint density at radius 1 is 1.15 bits per heavy atom. The smallest absolute Gasteiger partial charge is 0.285 e. The second kappa shape index (κ2) is 4.80. The van der Waals surface area contributed by atoms with Gasteiger partial charge in [-0.05, 0) is 6.07 Å². The van der Waals surface area contributed by atoms with Crippen LogP contribution in [0.3, 0.4) is 0 Å². The van der Waals surface area contributed by atoms with E-state index in [4.69, 9.17) is 30.2 Å². The van der Waals surface area contributed by atoms with Crippen molar-refractivity contribution in [3.63, 3.8) is 0 Å². The summed E-state index contributed by atoms with van der Waals surface area (Å²) in [6.45, 7) is 0. The van der Waals surface area contributed by atoms with Crippen LogP contribution in [0.5, 0.6) is 0 Å². The summed E-state index contributed by atoms with van der Waals surface area (Å²) in [6.07, 6.45) is 1.69. The van der Waals surface area contributed by atoms with E-state index in [2.05, 4.69) is 0 Å². The molecule has 4 N–H and O–H groups in total. The number of pyridine rings is 1. The maximum atomic E-state index is 8.49. The minimum atomic E-state index is -4.94. The van der Waals surface area contributed by atoms with E-state index in [1.807, 2.05) is 12.1 Å². The van der Waals surface area contributed by atoms with Gasteiger partial charge in [0.15, 0.2) is 0 Å². The Bertz CT molecular complexity index is 237. The molecule has 0 aliphatic rings. The van der Waals surface area contributed by atoms with Crippen molar-refractivity contribution < 1.29 is 33.6 Å². The molecule has 0 aromatic carbocycles. The predicted octanol–water partition coefficient (Wildman–Crippen LogP) is -5.49. The molecule has 74 valence electrons. The van der Waals surface area contributed by atoms with Crippen LogP contribution in [0.25, 0.3) is 0 Å². The van der Waals surface area contributed by atoms with Crippen LogP contribution in [0.4, 0.5) is 5.82 Å². The molecule has 0 bridgehead atoms. The Kier molecular flexibility index (Phi) is 4.38. The summed E-state index contributed by atoms with van der Waals surface area (Å²) in [5, 5.41) is 0. The fourth-order valence-corrected chi connectivity index (χ4v) is 0.469. The Morgan fingerprint density at radius 2 is 1.62 bits per heavy atom. The van der Waals surface area contributed by atoms with Gasteiger partial charge in [0.1, 0.15) is 6.20 Å². The number of anilines is 1. The minimum absolute atomic E-state index is 0.563. The quantitative estimate of drug-likeness (QED) is 0.322. The summed E-state index contributed by atoms with van der Waals surface area (Å²) in [7, 11) is -4.94. The fraction of sp³-hybridized carbons (Fsp3) is 0. The van der Waals surface area contributed by atoms with E-state index in [1.165, 1.54) is 4.68 Å². The lowest BCUT2D eigenvalue weighted by molar-refractivity contribution is -2.00. The number of rotatable bonds is 0. The van der Waals surface area contributed by atoms with E-state index >= 15 is 0 Å². The van der Waals surface area contributed by atoms with Crippen LogP contribution in [0.15, 0.2) is 24.4 Å². The maximum absolute atomic E-state index is 8.49. The van der Waals surface area contributed by atoms with Crippen molar-refractivity contribution in [1.82, 2.24) is 0 Å². The lowest BCUT2D eigenvalue weighted by Crippen LogP contribution is -2.68. The maximum Gasteiger partial charge on any atom is 0.295 e. The highest BCUT2D eigenvalue weighted by atomic mass is 35.7. The highest BCUT2D eigenvalue weighted by Gasteiger charge is 1.91. The Hall–Kier alpha value is -1.12. The summed E-state index contributed by atoms with van der Waals surface area (Å²) in [5.41, 5.74) is 5.36. The van der Waals surface area contributed by atoms with Gasteiger partial charge in [-0.25, -0.2) is 18.6 Å². The molecule has 13 heavy (non-hydrogen) atoms. The van der Waals surface area contributed by atoms with Crippen LogP contribution in [-0.4, -0.2) is 0 Å². The summed E-state index contributed by atoms with van der Waals surface area (Å²) < 4.78 is 35.3. The number of aromatic nitrogens is 1. The molecule has 1 heterocycles. The topological polar surface area (TPSA) is 148 Å². The summed E-state index contributed by atoms with van der Waals surface area (Å²) in [6, 6.07) is 5.38. The van der Waals surface area contributed by atoms with Crippen LogP contribution in [0, 0.1) is 10.2 Å². The molecule has 0 saturated carbocycles. The van der Waals surface area contributed by atoms with Gasteiger partial charge < -0.3 is 0 Å². The summed E-state index contributed by atoms with van der Waals surface area (Å²) in [5.74, 6) is 5.87. The Labute approximate surface area is 76.2 Å². The Morgan fingerprint density at radius 3 is 1.85 bits per heavy atom. The molecule has 0 atom stereocenters. The molecule has 8 heteroatoms. The molecule has 1 rings (SSSR count). The van der Waals surface area contributed by atoms with E-state index in [-0.39, 0.29) is 0 Å². The minimum Gasteiger partial charge on any atom is -0.285 e. The fourth-order valence-electron chi connectivity index (χ4n) is 0.469. The van der Waals surface area contributed by atoms with E-state index < -0.39 is 10.2 Å². The molecule has 7 nitrogen and oxygen atoms in total. The molecule has 0 aliphatic carbocycles. The molecule has 0 saturated heterocycles. The zero-order chi connectivity index (χ0) is 10.5. The zero-order valence-electron chi connectivity index (χ0n) is 6.42. The van der Waals surface area contributed by atoms with Crippen LogP contribution >= 0.6 is 0 Å². The van der Waals surface area contributed by atoms with E-state index in [0.717, 1.165) is 0 Å². The van der Waals surface area contributed by atoms with Gasteiger partial charge in [-0.3, -0.25) is 11.6 Å².